The zero-order valence-corrected chi connectivity index (χ0v) is 11.8. The maximum atomic E-state index is 13.5. The molecule has 1 aromatic carbocycles. The van der Waals surface area contributed by atoms with E-state index in [1.54, 1.807) is 0 Å². The normalized spacial score (nSPS) is 13.3. The quantitative estimate of drug-likeness (QED) is 0.855. The Kier molecular flexibility index (Phi) is 4.83. The lowest BCUT2D eigenvalue weighted by molar-refractivity contribution is -0.139. The van der Waals surface area contributed by atoms with Gasteiger partial charge in [-0.1, -0.05) is 22.9 Å². The monoisotopic (exact) mass is 339 g/mol. The molecular formula is C10H11BrFNO4S. The van der Waals surface area contributed by atoms with Crippen LogP contribution in [0.25, 0.3) is 0 Å². The highest BCUT2D eigenvalue weighted by Gasteiger charge is 2.26. The number of carbonyl (C=O) groups is 1. The van der Waals surface area contributed by atoms with Crippen molar-refractivity contribution < 1.29 is 22.7 Å². The van der Waals surface area contributed by atoms with Gasteiger partial charge in [0.05, 0.1) is 0 Å². The molecule has 0 heterocycles. The van der Waals surface area contributed by atoms with Crippen molar-refractivity contribution in [3.8, 4) is 0 Å². The summed E-state index contributed by atoms with van der Waals surface area (Å²) in [5, 5.41) is 8.77. The zero-order chi connectivity index (χ0) is 13.9. The lowest BCUT2D eigenvalue weighted by atomic mass is 10.2. The number of rotatable bonds is 5. The SMILES string of the molecule is CC[C@H](NS(=O)(=O)c1ccc(Br)cc1F)C(=O)O. The van der Waals surface area contributed by atoms with Crippen LogP contribution in [0.2, 0.25) is 0 Å². The van der Waals surface area contributed by atoms with Crippen LogP contribution in [0, 0.1) is 5.82 Å². The van der Waals surface area contributed by atoms with Gasteiger partial charge in [-0.05, 0) is 24.6 Å². The second-order valence-corrected chi connectivity index (χ2v) is 6.09. The van der Waals surface area contributed by atoms with E-state index in [1.807, 2.05) is 4.72 Å². The minimum Gasteiger partial charge on any atom is -0.480 e. The Labute approximate surface area is 112 Å². The molecular weight excluding hydrogens is 329 g/mol. The van der Waals surface area contributed by atoms with Crippen molar-refractivity contribution in [1.29, 1.82) is 0 Å². The fraction of sp³-hybridized carbons (Fsp3) is 0.300. The predicted octanol–water partition coefficient (Wildman–Crippen LogP) is 1.73. The number of sulfonamides is 1. The van der Waals surface area contributed by atoms with E-state index >= 15 is 0 Å². The number of hydrogen-bond acceptors (Lipinski definition) is 3. The first-order valence-corrected chi connectivity index (χ1v) is 7.25. The first-order chi connectivity index (χ1) is 8.27. The van der Waals surface area contributed by atoms with E-state index in [-0.39, 0.29) is 6.42 Å². The van der Waals surface area contributed by atoms with E-state index in [4.69, 9.17) is 5.11 Å². The van der Waals surface area contributed by atoms with Gasteiger partial charge in [-0.25, -0.2) is 12.8 Å². The molecule has 0 bridgehead atoms. The minimum absolute atomic E-state index is 0.0622. The number of nitrogens with one attached hydrogen (secondary N) is 1. The van der Waals surface area contributed by atoms with E-state index in [0.29, 0.717) is 4.47 Å². The molecule has 1 atom stereocenters. The maximum Gasteiger partial charge on any atom is 0.321 e. The van der Waals surface area contributed by atoms with Crippen LogP contribution in [-0.2, 0) is 14.8 Å². The van der Waals surface area contributed by atoms with Gasteiger partial charge in [-0.2, -0.15) is 4.72 Å². The third-order valence-electron chi connectivity index (χ3n) is 2.19. The Bertz CT molecular complexity index is 561. The van der Waals surface area contributed by atoms with Gasteiger partial charge in [-0.3, -0.25) is 4.79 Å². The van der Waals surface area contributed by atoms with E-state index in [0.717, 1.165) is 12.1 Å². The van der Waals surface area contributed by atoms with Crippen molar-refractivity contribution in [3.63, 3.8) is 0 Å². The minimum atomic E-state index is -4.19. The van der Waals surface area contributed by atoms with Crippen molar-refractivity contribution in [2.75, 3.05) is 0 Å². The first kappa shape index (κ1) is 15.1. The van der Waals surface area contributed by atoms with E-state index in [9.17, 15) is 17.6 Å². The largest absolute Gasteiger partial charge is 0.480 e. The smallest absolute Gasteiger partial charge is 0.321 e. The maximum absolute atomic E-state index is 13.5. The van der Waals surface area contributed by atoms with Crippen LogP contribution in [0.3, 0.4) is 0 Å². The number of carboxylic acids is 1. The van der Waals surface area contributed by atoms with Crippen molar-refractivity contribution >= 4 is 31.9 Å². The molecule has 2 N–H and O–H groups in total. The molecule has 0 aliphatic carbocycles. The Morgan fingerprint density at radius 3 is 2.61 bits per heavy atom. The Morgan fingerprint density at radius 2 is 2.17 bits per heavy atom. The lowest BCUT2D eigenvalue weighted by Crippen LogP contribution is -2.40. The first-order valence-electron chi connectivity index (χ1n) is 4.98. The molecule has 0 aliphatic heterocycles. The van der Waals surface area contributed by atoms with Crippen molar-refractivity contribution in [2.24, 2.45) is 0 Å². The molecule has 0 amide bonds. The molecule has 0 fully saturated rings. The van der Waals surface area contributed by atoms with Crippen LogP contribution in [-0.4, -0.2) is 25.5 Å². The van der Waals surface area contributed by atoms with Gasteiger partial charge in [0.25, 0.3) is 0 Å². The molecule has 0 saturated heterocycles. The van der Waals surface area contributed by atoms with Crippen LogP contribution in [0.1, 0.15) is 13.3 Å². The Hall–Kier alpha value is -0.990. The predicted molar refractivity (Wildman–Crippen MR) is 66.1 cm³/mol. The molecule has 0 aliphatic rings. The Morgan fingerprint density at radius 1 is 1.56 bits per heavy atom. The Balaban J connectivity index is 3.10. The summed E-state index contributed by atoms with van der Waals surface area (Å²) in [6.07, 6.45) is 0.0622. The second-order valence-electron chi connectivity index (χ2n) is 3.50. The lowest BCUT2D eigenvalue weighted by Gasteiger charge is -2.13. The number of carboxylic acid groups (broad SMARTS) is 1. The van der Waals surface area contributed by atoms with Crippen LogP contribution in [0.5, 0.6) is 0 Å². The van der Waals surface area contributed by atoms with Crippen LogP contribution < -0.4 is 4.72 Å². The summed E-state index contributed by atoms with van der Waals surface area (Å²) in [7, 11) is -4.19. The van der Waals surface area contributed by atoms with Gasteiger partial charge in [-0.15, -0.1) is 0 Å². The third kappa shape index (κ3) is 3.50. The molecule has 8 heteroatoms. The summed E-state index contributed by atoms with van der Waals surface area (Å²) in [5.74, 6) is -2.25. The highest BCUT2D eigenvalue weighted by Crippen LogP contribution is 2.19. The highest BCUT2D eigenvalue weighted by atomic mass is 79.9. The van der Waals surface area contributed by atoms with E-state index in [1.165, 1.54) is 13.0 Å². The van der Waals surface area contributed by atoms with E-state index < -0.39 is 32.7 Å². The number of hydrogen-bond donors (Lipinski definition) is 2. The van der Waals surface area contributed by atoms with Crippen LogP contribution in [0.15, 0.2) is 27.6 Å². The third-order valence-corrected chi connectivity index (χ3v) is 4.19. The molecule has 0 unspecified atom stereocenters. The van der Waals surface area contributed by atoms with Gasteiger partial charge < -0.3 is 5.11 Å². The standard InChI is InChI=1S/C10H11BrFNO4S/c1-2-8(10(14)15)13-18(16,17)9-4-3-6(11)5-7(9)12/h3-5,8,13H,2H2,1H3,(H,14,15)/t8-/m0/s1. The molecule has 0 spiro atoms. The number of aliphatic carboxylic acids is 1. The topological polar surface area (TPSA) is 83.5 Å². The van der Waals surface area contributed by atoms with E-state index in [2.05, 4.69) is 15.9 Å². The van der Waals surface area contributed by atoms with Crippen molar-refractivity contribution in [1.82, 2.24) is 4.72 Å². The van der Waals surface area contributed by atoms with Gasteiger partial charge in [0.15, 0.2) is 0 Å². The van der Waals surface area contributed by atoms with Crippen LogP contribution >= 0.6 is 15.9 Å². The van der Waals surface area contributed by atoms with Gasteiger partial charge in [0, 0.05) is 4.47 Å². The van der Waals surface area contributed by atoms with Gasteiger partial charge >= 0.3 is 5.97 Å². The van der Waals surface area contributed by atoms with Gasteiger partial charge in [0.1, 0.15) is 16.8 Å². The fourth-order valence-corrected chi connectivity index (χ4v) is 2.92. The molecule has 100 valence electrons. The molecule has 5 nitrogen and oxygen atoms in total. The van der Waals surface area contributed by atoms with Crippen molar-refractivity contribution in [2.45, 2.75) is 24.3 Å². The summed E-state index contributed by atoms with van der Waals surface area (Å²) in [6, 6.07) is 2.14. The average Bonchev–Trinajstić information content (AvgIpc) is 2.24. The molecule has 0 radical (unpaired) electrons. The number of benzene rings is 1. The summed E-state index contributed by atoms with van der Waals surface area (Å²) in [6.45, 7) is 1.51. The summed E-state index contributed by atoms with van der Waals surface area (Å²) in [4.78, 5) is 10.2. The molecule has 0 saturated carbocycles. The average molecular weight is 340 g/mol. The second kappa shape index (κ2) is 5.77. The molecule has 1 rings (SSSR count). The fourth-order valence-electron chi connectivity index (χ4n) is 1.25. The summed E-state index contributed by atoms with van der Waals surface area (Å²) >= 11 is 3.00. The zero-order valence-electron chi connectivity index (χ0n) is 9.35. The van der Waals surface area contributed by atoms with Crippen molar-refractivity contribution in [3.05, 3.63) is 28.5 Å². The van der Waals surface area contributed by atoms with Gasteiger partial charge in [0.2, 0.25) is 10.0 Å². The summed E-state index contributed by atoms with van der Waals surface area (Å²) in [5.41, 5.74) is 0. The molecule has 18 heavy (non-hydrogen) atoms. The highest BCUT2D eigenvalue weighted by molar-refractivity contribution is 9.10. The number of halogens is 2. The molecule has 0 aromatic heterocycles. The summed E-state index contributed by atoms with van der Waals surface area (Å²) < 4.78 is 39.5. The van der Waals surface area contributed by atoms with Crippen LogP contribution in [0.4, 0.5) is 4.39 Å². The molecule has 1 aromatic rings.